The number of fused-ring (bicyclic) bond motifs is 1. The summed E-state index contributed by atoms with van der Waals surface area (Å²) in [4.78, 5) is 4.88. The number of nitrogens with one attached hydrogen (secondary N) is 1. The van der Waals surface area contributed by atoms with Crippen LogP contribution in [0.15, 0.2) is 36.4 Å². The lowest BCUT2D eigenvalue weighted by Crippen LogP contribution is -2.10. The highest BCUT2D eigenvalue weighted by Crippen LogP contribution is 2.29. The van der Waals surface area contributed by atoms with Crippen molar-refractivity contribution in [1.82, 2.24) is 10.3 Å². The van der Waals surface area contributed by atoms with Gasteiger partial charge in [0.15, 0.2) is 0 Å². The van der Waals surface area contributed by atoms with Crippen LogP contribution in [-0.2, 0) is 12.8 Å². The second-order valence-electron chi connectivity index (χ2n) is 7.78. The maximum atomic E-state index is 4.88. The molecule has 1 aromatic heterocycles. The molecule has 2 nitrogen and oxygen atoms in total. The number of para-hydroxylation sites is 1. The molecule has 0 unspecified atom stereocenters. The molecule has 1 fully saturated rings. The number of hydrogen-bond acceptors (Lipinski definition) is 2. The number of rotatable bonds is 9. The Morgan fingerprint density at radius 1 is 1.12 bits per heavy atom. The third-order valence-electron chi connectivity index (χ3n) is 5.88. The maximum absolute atomic E-state index is 4.88. The fourth-order valence-corrected chi connectivity index (χ4v) is 4.40. The standard InChI is InChI=1S/C24H34N2/c1-19-21(14-5-3-4-11-20-12-6-7-13-20)22(16-10-18-25-2)23-15-8-9-17-24(23)26-19/h3,5,8-9,15,17,20,25H,4,6-7,10-14,16,18H2,1-2H3/b5-3+. The molecule has 0 radical (unpaired) electrons. The van der Waals surface area contributed by atoms with E-state index in [4.69, 9.17) is 4.98 Å². The van der Waals surface area contributed by atoms with Gasteiger partial charge in [-0.25, -0.2) is 0 Å². The summed E-state index contributed by atoms with van der Waals surface area (Å²) in [5.41, 5.74) is 5.28. The van der Waals surface area contributed by atoms with Crippen molar-refractivity contribution in [3.63, 3.8) is 0 Å². The Morgan fingerprint density at radius 2 is 1.92 bits per heavy atom. The quantitative estimate of drug-likeness (QED) is 0.459. The number of pyridine rings is 1. The van der Waals surface area contributed by atoms with E-state index in [9.17, 15) is 0 Å². The average molecular weight is 351 g/mol. The van der Waals surface area contributed by atoms with Gasteiger partial charge in [-0.15, -0.1) is 0 Å². The molecule has 0 spiro atoms. The Kier molecular flexibility index (Phi) is 7.25. The number of hydrogen-bond donors (Lipinski definition) is 1. The van der Waals surface area contributed by atoms with Crippen LogP contribution in [0.25, 0.3) is 10.9 Å². The van der Waals surface area contributed by atoms with Gasteiger partial charge >= 0.3 is 0 Å². The van der Waals surface area contributed by atoms with E-state index in [1.807, 2.05) is 7.05 Å². The molecular weight excluding hydrogens is 316 g/mol. The van der Waals surface area contributed by atoms with Gasteiger partial charge in [-0.1, -0.05) is 56.0 Å². The van der Waals surface area contributed by atoms with Crippen LogP contribution in [-0.4, -0.2) is 18.6 Å². The zero-order chi connectivity index (χ0) is 18.2. The first-order valence-corrected chi connectivity index (χ1v) is 10.5. The van der Waals surface area contributed by atoms with Crippen molar-refractivity contribution in [3.8, 4) is 0 Å². The van der Waals surface area contributed by atoms with Crippen LogP contribution in [0.1, 0.15) is 61.8 Å². The number of nitrogens with zero attached hydrogens (tertiary/aromatic N) is 1. The van der Waals surface area contributed by atoms with E-state index in [0.717, 1.165) is 30.8 Å². The molecule has 0 atom stereocenters. The Hall–Kier alpha value is -1.67. The van der Waals surface area contributed by atoms with Gasteiger partial charge in [0, 0.05) is 11.1 Å². The van der Waals surface area contributed by atoms with Crippen molar-refractivity contribution in [2.75, 3.05) is 13.6 Å². The highest BCUT2D eigenvalue weighted by atomic mass is 14.8. The zero-order valence-corrected chi connectivity index (χ0v) is 16.6. The van der Waals surface area contributed by atoms with Crippen molar-refractivity contribution >= 4 is 10.9 Å². The Balaban J connectivity index is 1.72. The molecule has 140 valence electrons. The third kappa shape index (κ3) is 4.94. The topological polar surface area (TPSA) is 24.9 Å². The molecule has 0 amide bonds. The lowest BCUT2D eigenvalue weighted by atomic mass is 9.94. The molecule has 1 aliphatic rings. The predicted molar refractivity (Wildman–Crippen MR) is 113 cm³/mol. The van der Waals surface area contributed by atoms with Gasteiger partial charge in [-0.3, -0.25) is 4.98 Å². The number of aromatic nitrogens is 1. The first kappa shape index (κ1) is 19.1. The fourth-order valence-electron chi connectivity index (χ4n) is 4.40. The van der Waals surface area contributed by atoms with E-state index < -0.39 is 0 Å². The summed E-state index contributed by atoms with van der Waals surface area (Å²) in [7, 11) is 2.03. The molecule has 2 heteroatoms. The molecule has 26 heavy (non-hydrogen) atoms. The molecule has 1 N–H and O–H groups in total. The summed E-state index contributed by atoms with van der Waals surface area (Å²) in [6.07, 6.45) is 16.5. The number of aryl methyl sites for hydroxylation is 2. The minimum atomic E-state index is 0.987. The molecule has 1 aromatic carbocycles. The predicted octanol–water partition coefficient (Wildman–Crippen LogP) is 5.76. The van der Waals surface area contributed by atoms with Gasteiger partial charge in [-0.2, -0.15) is 0 Å². The molecule has 3 rings (SSSR count). The number of benzene rings is 1. The van der Waals surface area contributed by atoms with Crippen molar-refractivity contribution in [1.29, 1.82) is 0 Å². The fraction of sp³-hybridized carbons (Fsp3) is 0.542. The molecule has 1 aliphatic carbocycles. The van der Waals surface area contributed by atoms with E-state index in [0.29, 0.717) is 0 Å². The summed E-state index contributed by atoms with van der Waals surface area (Å²) >= 11 is 0. The first-order chi connectivity index (χ1) is 12.8. The van der Waals surface area contributed by atoms with Gasteiger partial charge in [0.05, 0.1) is 5.52 Å². The third-order valence-corrected chi connectivity index (χ3v) is 5.88. The first-order valence-electron chi connectivity index (χ1n) is 10.5. The lowest BCUT2D eigenvalue weighted by molar-refractivity contribution is 0.508. The van der Waals surface area contributed by atoms with Gasteiger partial charge in [0.25, 0.3) is 0 Å². The monoisotopic (exact) mass is 350 g/mol. The summed E-state index contributed by atoms with van der Waals surface area (Å²) in [6, 6.07) is 8.62. The Labute approximate surface area is 159 Å². The summed E-state index contributed by atoms with van der Waals surface area (Å²) in [5, 5.41) is 4.61. The second kappa shape index (κ2) is 9.87. The Bertz CT molecular complexity index is 726. The average Bonchev–Trinajstić information content (AvgIpc) is 3.16. The van der Waals surface area contributed by atoms with Crippen LogP contribution in [0, 0.1) is 12.8 Å². The highest BCUT2D eigenvalue weighted by Gasteiger charge is 2.14. The molecule has 0 bridgehead atoms. The smallest absolute Gasteiger partial charge is 0.0708 e. The van der Waals surface area contributed by atoms with E-state index in [1.54, 1.807) is 0 Å². The lowest BCUT2D eigenvalue weighted by Gasteiger charge is -2.15. The molecular formula is C24H34N2. The Morgan fingerprint density at radius 3 is 2.73 bits per heavy atom. The van der Waals surface area contributed by atoms with Crippen molar-refractivity contribution < 1.29 is 0 Å². The maximum Gasteiger partial charge on any atom is 0.0708 e. The van der Waals surface area contributed by atoms with Crippen molar-refractivity contribution in [3.05, 3.63) is 53.2 Å². The molecule has 2 aromatic rings. The normalized spacial score (nSPS) is 15.5. The van der Waals surface area contributed by atoms with E-state index >= 15 is 0 Å². The molecule has 1 saturated carbocycles. The molecule has 0 saturated heterocycles. The van der Waals surface area contributed by atoms with Crippen LogP contribution < -0.4 is 5.32 Å². The summed E-state index contributed by atoms with van der Waals surface area (Å²) < 4.78 is 0. The number of allylic oxidation sites excluding steroid dienone is 2. The van der Waals surface area contributed by atoms with Crippen LogP contribution >= 0.6 is 0 Å². The highest BCUT2D eigenvalue weighted by molar-refractivity contribution is 5.83. The van der Waals surface area contributed by atoms with E-state index in [1.165, 1.54) is 67.2 Å². The van der Waals surface area contributed by atoms with Crippen LogP contribution in [0.5, 0.6) is 0 Å². The largest absolute Gasteiger partial charge is 0.320 e. The van der Waals surface area contributed by atoms with Gasteiger partial charge in [0.1, 0.15) is 0 Å². The minimum Gasteiger partial charge on any atom is -0.320 e. The molecule has 0 aliphatic heterocycles. The zero-order valence-electron chi connectivity index (χ0n) is 16.6. The van der Waals surface area contributed by atoms with Crippen LogP contribution in [0.4, 0.5) is 0 Å². The van der Waals surface area contributed by atoms with Gasteiger partial charge in [-0.05, 0) is 75.7 Å². The van der Waals surface area contributed by atoms with Crippen molar-refractivity contribution in [2.24, 2.45) is 5.92 Å². The second-order valence-corrected chi connectivity index (χ2v) is 7.78. The minimum absolute atomic E-state index is 0.987. The van der Waals surface area contributed by atoms with Crippen LogP contribution in [0.2, 0.25) is 0 Å². The van der Waals surface area contributed by atoms with E-state index in [-0.39, 0.29) is 0 Å². The van der Waals surface area contributed by atoms with E-state index in [2.05, 4.69) is 48.7 Å². The molecule has 1 heterocycles. The SMILES string of the molecule is CNCCCc1c(C/C=C/CCC2CCCC2)c(C)nc2ccccc12. The summed E-state index contributed by atoms with van der Waals surface area (Å²) in [6.45, 7) is 3.24. The van der Waals surface area contributed by atoms with Crippen molar-refractivity contribution in [2.45, 2.75) is 64.7 Å². The van der Waals surface area contributed by atoms with Crippen LogP contribution in [0.3, 0.4) is 0 Å². The van der Waals surface area contributed by atoms with Gasteiger partial charge in [0.2, 0.25) is 0 Å². The summed E-state index contributed by atoms with van der Waals surface area (Å²) in [5.74, 6) is 0.987. The van der Waals surface area contributed by atoms with Gasteiger partial charge < -0.3 is 5.32 Å².